The van der Waals surface area contributed by atoms with E-state index in [1.807, 2.05) is 36.1 Å². The Balaban J connectivity index is 1.93. The lowest BCUT2D eigenvalue weighted by Crippen LogP contribution is -3.05. The first-order valence-corrected chi connectivity index (χ1v) is 10.9. The molecule has 0 unspecified atom stereocenters. The highest BCUT2D eigenvalue weighted by molar-refractivity contribution is 7.22. The van der Waals surface area contributed by atoms with Crippen molar-refractivity contribution < 1.29 is 14.4 Å². The van der Waals surface area contributed by atoms with Gasteiger partial charge in [0.1, 0.15) is 5.75 Å². The van der Waals surface area contributed by atoms with Crippen LogP contribution in [0.2, 0.25) is 0 Å². The van der Waals surface area contributed by atoms with Gasteiger partial charge in [-0.15, -0.1) is 0 Å². The van der Waals surface area contributed by atoms with E-state index in [9.17, 15) is 4.79 Å². The molecule has 1 heterocycles. The summed E-state index contributed by atoms with van der Waals surface area (Å²) in [6.45, 7) is 8.37. The van der Waals surface area contributed by atoms with Gasteiger partial charge in [-0.05, 0) is 62.2 Å². The topological polar surface area (TPSA) is 46.9 Å². The molecule has 0 saturated carbocycles. The number of carbonyl (C=O) groups excluding carboxylic acids is 1. The quantitative estimate of drug-likeness (QED) is 0.616. The monoisotopic (exact) mass is 412 g/mol. The lowest BCUT2D eigenvalue weighted by atomic mass is 10.1. The molecule has 0 atom stereocenters. The van der Waals surface area contributed by atoms with Gasteiger partial charge in [-0.2, -0.15) is 0 Å². The second-order valence-corrected chi connectivity index (χ2v) is 8.66. The fourth-order valence-electron chi connectivity index (χ4n) is 3.37. The van der Waals surface area contributed by atoms with Gasteiger partial charge in [0, 0.05) is 18.5 Å². The predicted molar refractivity (Wildman–Crippen MR) is 121 cm³/mol. The number of aryl methyl sites for hydroxylation is 2. The maximum absolute atomic E-state index is 13.4. The minimum Gasteiger partial charge on any atom is -0.494 e. The summed E-state index contributed by atoms with van der Waals surface area (Å²) in [5.41, 5.74) is 4.00. The maximum atomic E-state index is 13.4. The lowest BCUT2D eigenvalue weighted by molar-refractivity contribution is -0.858. The summed E-state index contributed by atoms with van der Waals surface area (Å²) in [6, 6.07) is 11.7. The second kappa shape index (κ2) is 9.37. The number of thiazole rings is 1. The number of fused-ring (bicyclic) bond motifs is 1. The molecule has 0 aliphatic carbocycles. The van der Waals surface area contributed by atoms with Crippen molar-refractivity contribution in [2.45, 2.75) is 27.2 Å². The standard InChI is InChI=1S/C23H29N3O2S/c1-6-28-19-10-8-18(9-11-19)22(27)26(13-7-12-25(4)5)23-24-21-17(3)14-16(2)15-20(21)29-23/h8-11,14-15H,6-7,12-13H2,1-5H3/p+1. The molecule has 0 aliphatic heterocycles. The number of benzene rings is 2. The van der Waals surface area contributed by atoms with Crippen molar-refractivity contribution in [3.8, 4) is 5.75 Å². The number of hydrogen-bond acceptors (Lipinski definition) is 4. The van der Waals surface area contributed by atoms with Gasteiger partial charge in [0.15, 0.2) is 5.13 Å². The average molecular weight is 413 g/mol. The molecule has 0 bridgehead atoms. The van der Waals surface area contributed by atoms with E-state index in [0.717, 1.165) is 39.6 Å². The van der Waals surface area contributed by atoms with Crippen molar-refractivity contribution in [1.82, 2.24) is 4.98 Å². The van der Waals surface area contributed by atoms with E-state index < -0.39 is 0 Å². The summed E-state index contributed by atoms with van der Waals surface area (Å²) in [4.78, 5) is 21.4. The van der Waals surface area contributed by atoms with E-state index in [1.54, 1.807) is 11.3 Å². The van der Waals surface area contributed by atoms with Crippen molar-refractivity contribution in [3.63, 3.8) is 0 Å². The molecule has 0 saturated heterocycles. The van der Waals surface area contributed by atoms with Crippen LogP contribution in [0.3, 0.4) is 0 Å². The van der Waals surface area contributed by atoms with Gasteiger partial charge in [0.2, 0.25) is 0 Å². The van der Waals surface area contributed by atoms with Gasteiger partial charge in [-0.1, -0.05) is 17.4 Å². The maximum Gasteiger partial charge on any atom is 0.260 e. The Bertz CT molecular complexity index is 980. The summed E-state index contributed by atoms with van der Waals surface area (Å²) < 4.78 is 6.63. The molecule has 0 fully saturated rings. The molecule has 1 amide bonds. The Kier molecular flexibility index (Phi) is 6.87. The van der Waals surface area contributed by atoms with Crippen LogP contribution in [0.4, 0.5) is 5.13 Å². The Morgan fingerprint density at radius 3 is 2.55 bits per heavy atom. The van der Waals surface area contributed by atoms with Crippen molar-refractivity contribution in [2.75, 3.05) is 38.7 Å². The highest BCUT2D eigenvalue weighted by Gasteiger charge is 2.22. The van der Waals surface area contributed by atoms with Gasteiger partial charge in [0.25, 0.3) is 5.91 Å². The summed E-state index contributed by atoms with van der Waals surface area (Å²) in [7, 11) is 4.25. The first-order chi connectivity index (χ1) is 13.9. The Hall–Kier alpha value is -2.44. The third-order valence-electron chi connectivity index (χ3n) is 4.77. The fraction of sp³-hybridized carbons (Fsp3) is 0.391. The van der Waals surface area contributed by atoms with Crippen molar-refractivity contribution in [3.05, 3.63) is 53.1 Å². The molecule has 0 spiro atoms. The normalized spacial score (nSPS) is 11.2. The number of nitrogens with one attached hydrogen (secondary N) is 1. The lowest BCUT2D eigenvalue weighted by Gasteiger charge is -2.20. The van der Waals surface area contributed by atoms with Crippen molar-refractivity contribution >= 4 is 32.6 Å². The second-order valence-electron chi connectivity index (χ2n) is 7.65. The molecule has 2 aromatic carbocycles. The van der Waals surface area contributed by atoms with Crippen LogP contribution in [0.1, 0.15) is 34.8 Å². The third kappa shape index (κ3) is 5.14. The Labute approximate surface area is 176 Å². The zero-order chi connectivity index (χ0) is 21.0. The van der Waals surface area contributed by atoms with Gasteiger partial charge >= 0.3 is 0 Å². The Morgan fingerprint density at radius 2 is 1.90 bits per heavy atom. The molecule has 1 aromatic heterocycles. The van der Waals surface area contributed by atoms with Crippen LogP contribution < -0.4 is 14.5 Å². The number of hydrogen-bond donors (Lipinski definition) is 1. The first-order valence-electron chi connectivity index (χ1n) is 10.1. The first kappa shape index (κ1) is 21.3. The third-order valence-corrected chi connectivity index (χ3v) is 5.79. The van der Waals surface area contributed by atoms with E-state index >= 15 is 0 Å². The zero-order valence-electron chi connectivity index (χ0n) is 17.9. The number of carbonyl (C=O) groups is 1. The molecule has 3 rings (SSSR count). The molecule has 1 N–H and O–H groups in total. The van der Waals surface area contributed by atoms with E-state index in [1.165, 1.54) is 10.5 Å². The van der Waals surface area contributed by atoms with Gasteiger partial charge in [0.05, 0.1) is 37.5 Å². The summed E-state index contributed by atoms with van der Waals surface area (Å²) in [6.07, 6.45) is 0.916. The molecule has 5 nitrogen and oxygen atoms in total. The molecule has 3 aromatic rings. The van der Waals surface area contributed by atoms with Crippen LogP contribution in [0.5, 0.6) is 5.75 Å². The average Bonchev–Trinajstić information content (AvgIpc) is 3.09. The molecular weight excluding hydrogens is 382 g/mol. The van der Waals surface area contributed by atoms with Crippen molar-refractivity contribution in [1.29, 1.82) is 0 Å². The fourth-order valence-corrected chi connectivity index (χ4v) is 4.53. The van der Waals surface area contributed by atoms with Gasteiger partial charge < -0.3 is 9.64 Å². The number of aromatic nitrogens is 1. The van der Waals surface area contributed by atoms with Gasteiger partial charge in [-0.3, -0.25) is 9.69 Å². The van der Waals surface area contributed by atoms with Crippen LogP contribution >= 0.6 is 11.3 Å². The summed E-state index contributed by atoms with van der Waals surface area (Å²) in [5, 5.41) is 0.765. The van der Waals surface area contributed by atoms with E-state index in [2.05, 4.69) is 40.1 Å². The number of ether oxygens (including phenoxy) is 1. The zero-order valence-corrected chi connectivity index (χ0v) is 18.7. The minimum atomic E-state index is -0.0183. The molecule has 0 aliphatic rings. The van der Waals surface area contributed by atoms with Crippen LogP contribution in [0.25, 0.3) is 10.2 Å². The molecule has 154 valence electrons. The van der Waals surface area contributed by atoms with Crippen LogP contribution in [0.15, 0.2) is 36.4 Å². The van der Waals surface area contributed by atoms with E-state index in [-0.39, 0.29) is 5.91 Å². The number of nitrogens with zero attached hydrogens (tertiary/aromatic N) is 2. The number of anilines is 1. The van der Waals surface area contributed by atoms with Crippen LogP contribution in [-0.2, 0) is 0 Å². The minimum absolute atomic E-state index is 0.0183. The number of rotatable bonds is 8. The molecule has 29 heavy (non-hydrogen) atoms. The van der Waals surface area contributed by atoms with Gasteiger partial charge in [-0.25, -0.2) is 4.98 Å². The largest absolute Gasteiger partial charge is 0.494 e. The van der Waals surface area contributed by atoms with E-state index in [0.29, 0.717) is 18.7 Å². The number of amides is 1. The smallest absolute Gasteiger partial charge is 0.260 e. The van der Waals surface area contributed by atoms with Crippen LogP contribution in [0, 0.1) is 13.8 Å². The highest BCUT2D eigenvalue weighted by atomic mass is 32.1. The van der Waals surface area contributed by atoms with Crippen molar-refractivity contribution in [2.24, 2.45) is 0 Å². The van der Waals surface area contributed by atoms with Crippen LogP contribution in [-0.4, -0.2) is 44.7 Å². The number of quaternary nitrogens is 1. The summed E-state index contributed by atoms with van der Waals surface area (Å²) in [5.74, 6) is 0.758. The highest BCUT2D eigenvalue weighted by Crippen LogP contribution is 2.32. The molecule has 0 radical (unpaired) electrons. The SMILES string of the molecule is CCOc1ccc(C(=O)N(CCC[NH+](C)C)c2nc3c(C)cc(C)cc3s2)cc1. The Morgan fingerprint density at radius 1 is 1.17 bits per heavy atom. The van der Waals surface area contributed by atoms with E-state index in [4.69, 9.17) is 9.72 Å². The predicted octanol–water partition coefficient (Wildman–Crippen LogP) is 3.49. The summed E-state index contributed by atoms with van der Waals surface area (Å²) >= 11 is 1.59. The molecular formula is C23H30N3O2S+. The molecule has 6 heteroatoms.